The Labute approximate surface area is 135 Å². The molecule has 22 heavy (non-hydrogen) atoms. The van der Waals surface area contributed by atoms with Gasteiger partial charge in [-0.25, -0.2) is 0 Å². The second-order valence-electron chi connectivity index (χ2n) is 6.80. The van der Waals surface area contributed by atoms with Crippen molar-refractivity contribution in [3.05, 3.63) is 27.5 Å². The van der Waals surface area contributed by atoms with Crippen molar-refractivity contribution in [2.45, 2.75) is 53.6 Å². The lowest BCUT2D eigenvalue weighted by molar-refractivity contribution is 0.295. The van der Waals surface area contributed by atoms with E-state index in [0.29, 0.717) is 19.7 Å². The van der Waals surface area contributed by atoms with E-state index in [9.17, 15) is 4.79 Å². The van der Waals surface area contributed by atoms with Gasteiger partial charge in [0.25, 0.3) is 5.56 Å². The van der Waals surface area contributed by atoms with E-state index in [0.717, 1.165) is 34.4 Å². The minimum atomic E-state index is -0.000624. The number of hydrogen-bond acceptors (Lipinski definition) is 4. The van der Waals surface area contributed by atoms with Gasteiger partial charge < -0.3 is 15.0 Å². The number of rotatable bonds is 6. The van der Waals surface area contributed by atoms with Crippen LogP contribution in [0.1, 0.15) is 46.2 Å². The van der Waals surface area contributed by atoms with Crippen molar-refractivity contribution < 1.29 is 4.74 Å². The molecule has 0 unspecified atom stereocenters. The Hall–Kier alpha value is -1.33. The zero-order valence-corrected chi connectivity index (χ0v) is 14.8. The molecule has 0 aromatic carbocycles. The predicted octanol–water partition coefficient (Wildman–Crippen LogP) is 3.75. The van der Waals surface area contributed by atoms with Crippen molar-refractivity contribution in [2.24, 2.45) is 11.1 Å². The Morgan fingerprint density at radius 1 is 1.36 bits per heavy atom. The molecule has 0 saturated carbocycles. The number of hydrogen-bond donors (Lipinski definition) is 1. The molecular formula is C17H26N2O2S. The van der Waals surface area contributed by atoms with E-state index < -0.39 is 0 Å². The maximum Gasteiger partial charge on any atom is 0.269 e. The quantitative estimate of drug-likeness (QED) is 0.824. The Kier molecular flexibility index (Phi) is 5.29. The first-order chi connectivity index (χ1) is 10.4. The molecule has 4 nitrogen and oxygen atoms in total. The van der Waals surface area contributed by atoms with Crippen molar-refractivity contribution in [1.82, 2.24) is 4.57 Å². The molecule has 0 fully saturated rings. The average molecular weight is 322 g/mol. The maximum atomic E-state index is 12.8. The van der Waals surface area contributed by atoms with Crippen LogP contribution in [0.2, 0.25) is 0 Å². The summed E-state index contributed by atoms with van der Waals surface area (Å²) in [5.74, 6) is 0.788. The first-order valence-corrected chi connectivity index (χ1v) is 8.72. The molecule has 0 radical (unpaired) electrons. The smallest absolute Gasteiger partial charge is 0.269 e. The summed E-state index contributed by atoms with van der Waals surface area (Å²) in [7, 11) is 0. The molecule has 2 rings (SSSR count). The van der Waals surface area contributed by atoms with E-state index in [-0.39, 0.29) is 11.0 Å². The lowest BCUT2D eigenvalue weighted by atomic mass is 9.96. The van der Waals surface area contributed by atoms with Gasteiger partial charge >= 0.3 is 0 Å². The topological polar surface area (TPSA) is 57.2 Å². The summed E-state index contributed by atoms with van der Waals surface area (Å²) in [6.07, 6.45) is 2.07. The second-order valence-corrected chi connectivity index (χ2v) is 7.71. The van der Waals surface area contributed by atoms with E-state index in [1.165, 1.54) is 11.3 Å². The van der Waals surface area contributed by atoms with Gasteiger partial charge in [0.15, 0.2) is 0 Å². The zero-order valence-electron chi connectivity index (χ0n) is 13.9. The molecule has 5 heteroatoms. The molecule has 0 amide bonds. The molecule has 122 valence electrons. The normalized spacial score (nSPS) is 12.0. The SMILES string of the molecule is CCCCOc1c(CN)n(CC(C)(C)C)c(=O)c2sccc12. The van der Waals surface area contributed by atoms with Gasteiger partial charge in [-0.05, 0) is 23.3 Å². The molecular weight excluding hydrogens is 296 g/mol. The lowest BCUT2D eigenvalue weighted by Gasteiger charge is -2.24. The number of ether oxygens (including phenoxy) is 1. The number of pyridine rings is 1. The number of fused-ring (bicyclic) bond motifs is 1. The van der Waals surface area contributed by atoms with Crippen LogP contribution < -0.4 is 16.0 Å². The first-order valence-electron chi connectivity index (χ1n) is 7.84. The van der Waals surface area contributed by atoms with E-state index in [1.807, 2.05) is 11.4 Å². The van der Waals surface area contributed by atoms with Crippen LogP contribution in [0.25, 0.3) is 10.1 Å². The summed E-state index contributed by atoms with van der Waals surface area (Å²) < 4.78 is 8.58. The Morgan fingerprint density at radius 2 is 2.09 bits per heavy atom. The van der Waals surface area contributed by atoms with Gasteiger partial charge in [-0.15, -0.1) is 11.3 Å². The van der Waals surface area contributed by atoms with Crippen LogP contribution in [0, 0.1) is 5.41 Å². The molecule has 0 aliphatic carbocycles. The van der Waals surface area contributed by atoms with Gasteiger partial charge in [0.1, 0.15) is 10.4 Å². The molecule has 2 aromatic rings. The fourth-order valence-electron chi connectivity index (χ4n) is 2.50. The van der Waals surface area contributed by atoms with Gasteiger partial charge in [0.2, 0.25) is 0 Å². The highest BCUT2D eigenvalue weighted by molar-refractivity contribution is 7.17. The van der Waals surface area contributed by atoms with Crippen LogP contribution in [-0.2, 0) is 13.1 Å². The zero-order chi connectivity index (χ0) is 16.3. The van der Waals surface area contributed by atoms with Crippen LogP contribution in [0.5, 0.6) is 5.75 Å². The molecule has 0 saturated heterocycles. The largest absolute Gasteiger partial charge is 0.491 e. The van der Waals surface area contributed by atoms with Crippen LogP contribution in [-0.4, -0.2) is 11.2 Å². The first kappa shape index (κ1) is 17.0. The average Bonchev–Trinajstić information content (AvgIpc) is 2.92. The third kappa shape index (κ3) is 3.52. The minimum Gasteiger partial charge on any atom is -0.491 e. The van der Waals surface area contributed by atoms with E-state index in [4.69, 9.17) is 10.5 Å². The summed E-state index contributed by atoms with van der Waals surface area (Å²) in [4.78, 5) is 12.8. The second kappa shape index (κ2) is 6.84. The number of nitrogens with zero attached hydrogens (tertiary/aromatic N) is 1. The Morgan fingerprint density at radius 3 is 2.68 bits per heavy atom. The van der Waals surface area contributed by atoms with Crippen LogP contribution in [0.4, 0.5) is 0 Å². The molecule has 0 aliphatic heterocycles. The fraction of sp³-hybridized carbons (Fsp3) is 0.588. The van der Waals surface area contributed by atoms with Crippen molar-refractivity contribution in [1.29, 1.82) is 0 Å². The fourth-order valence-corrected chi connectivity index (χ4v) is 3.34. The Balaban J connectivity index is 2.62. The highest BCUT2D eigenvalue weighted by Gasteiger charge is 2.21. The maximum absolute atomic E-state index is 12.8. The Bertz CT molecular complexity index is 695. The number of aromatic nitrogens is 1. The van der Waals surface area contributed by atoms with Crippen molar-refractivity contribution in [3.8, 4) is 5.75 Å². The highest BCUT2D eigenvalue weighted by Crippen LogP contribution is 2.32. The molecule has 0 atom stereocenters. The number of thiophene rings is 1. The summed E-state index contributed by atoms with van der Waals surface area (Å²) in [6.45, 7) is 10.1. The highest BCUT2D eigenvalue weighted by atomic mass is 32.1. The molecule has 2 aromatic heterocycles. The van der Waals surface area contributed by atoms with Gasteiger partial charge in [-0.3, -0.25) is 4.79 Å². The molecule has 2 N–H and O–H groups in total. The van der Waals surface area contributed by atoms with Crippen LogP contribution in [0.15, 0.2) is 16.2 Å². The van der Waals surface area contributed by atoms with E-state index in [1.54, 1.807) is 4.57 Å². The standard InChI is InChI=1S/C17H26N2O2S/c1-5-6-8-21-14-12-7-9-22-15(12)16(20)19(13(14)10-18)11-17(2,3)4/h7,9H,5-6,8,10-11,18H2,1-4H3. The van der Waals surface area contributed by atoms with Gasteiger partial charge in [0, 0.05) is 18.5 Å². The summed E-state index contributed by atoms with van der Waals surface area (Å²) in [5.41, 5.74) is 6.82. The molecule has 0 bridgehead atoms. The minimum absolute atomic E-state index is 0.000624. The third-order valence-corrected chi connectivity index (χ3v) is 4.41. The monoisotopic (exact) mass is 322 g/mol. The summed E-state index contributed by atoms with van der Waals surface area (Å²) in [6, 6.07) is 1.96. The van der Waals surface area contributed by atoms with Gasteiger partial charge in [-0.2, -0.15) is 0 Å². The molecule has 0 aliphatic rings. The third-order valence-electron chi connectivity index (χ3n) is 3.51. The van der Waals surface area contributed by atoms with Crippen LogP contribution >= 0.6 is 11.3 Å². The van der Waals surface area contributed by atoms with E-state index >= 15 is 0 Å². The van der Waals surface area contributed by atoms with Crippen molar-refractivity contribution in [3.63, 3.8) is 0 Å². The number of nitrogens with two attached hydrogens (primary N) is 1. The van der Waals surface area contributed by atoms with Gasteiger partial charge in [0.05, 0.1) is 12.3 Å². The number of unbranched alkanes of at least 4 members (excludes halogenated alkanes) is 1. The molecule has 0 spiro atoms. The lowest BCUT2D eigenvalue weighted by Crippen LogP contribution is -2.31. The van der Waals surface area contributed by atoms with Crippen LogP contribution in [0.3, 0.4) is 0 Å². The summed E-state index contributed by atoms with van der Waals surface area (Å²) in [5, 5.41) is 2.84. The van der Waals surface area contributed by atoms with Crippen molar-refractivity contribution >= 4 is 21.4 Å². The van der Waals surface area contributed by atoms with E-state index in [2.05, 4.69) is 27.7 Å². The van der Waals surface area contributed by atoms with Gasteiger partial charge in [-0.1, -0.05) is 34.1 Å². The predicted molar refractivity (Wildman–Crippen MR) is 93.8 cm³/mol. The van der Waals surface area contributed by atoms with Crippen molar-refractivity contribution in [2.75, 3.05) is 6.61 Å². The summed E-state index contributed by atoms with van der Waals surface area (Å²) >= 11 is 1.47. The molecule has 2 heterocycles.